The topological polar surface area (TPSA) is 65.0 Å². The summed E-state index contributed by atoms with van der Waals surface area (Å²) in [5.41, 5.74) is 17.4. The lowest BCUT2D eigenvalue weighted by Gasteiger charge is -2.35. The second-order valence-electron chi connectivity index (χ2n) is 16.6. The Hall–Kier alpha value is -8.41. The Balaban J connectivity index is 1.05. The van der Waals surface area contributed by atoms with Gasteiger partial charge in [-0.15, -0.1) is 0 Å². The molecule has 3 aromatic heterocycles. The largest absolute Gasteiger partial charge is 0.456 e. The predicted molar refractivity (Wildman–Crippen MR) is 252 cm³/mol. The molecule has 292 valence electrons. The van der Waals surface area contributed by atoms with Gasteiger partial charge in [0.05, 0.1) is 5.41 Å². The Morgan fingerprint density at radius 3 is 1.24 bits per heavy atom. The third-order valence-corrected chi connectivity index (χ3v) is 13.4. The van der Waals surface area contributed by atoms with Crippen molar-refractivity contribution in [1.29, 1.82) is 0 Å². The van der Waals surface area contributed by atoms with Crippen molar-refractivity contribution in [2.24, 2.45) is 0 Å². The number of hydrogen-bond donors (Lipinski definition) is 0. The van der Waals surface area contributed by atoms with Gasteiger partial charge in [-0.05, 0) is 92.0 Å². The van der Waals surface area contributed by atoms with E-state index < -0.39 is 5.41 Å². The normalized spacial score (nSPS) is 13.2. The van der Waals surface area contributed by atoms with Crippen molar-refractivity contribution in [2.75, 3.05) is 0 Å². The number of para-hydroxylation sites is 2. The first kappa shape index (κ1) is 34.3. The third-order valence-electron chi connectivity index (χ3n) is 13.4. The Kier molecular flexibility index (Phi) is 6.97. The molecule has 0 N–H and O–H groups in total. The molecule has 0 saturated heterocycles. The van der Waals surface area contributed by atoms with E-state index in [1.807, 2.05) is 36.4 Å². The van der Waals surface area contributed by atoms with E-state index in [1.165, 1.54) is 44.5 Å². The van der Waals surface area contributed by atoms with Crippen LogP contribution in [0.25, 0.3) is 111 Å². The molecule has 3 heterocycles. The number of furan rings is 2. The van der Waals surface area contributed by atoms with E-state index in [1.54, 1.807) is 0 Å². The molecule has 63 heavy (non-hydrogen) atoms. The molecule has 0 radical (unpaired) electrons. The summed E-state index contributed by atoms with van der Waals surface area (Å²) in [5, 5.41) is 4.25. The van der Waals surface area contributed by atoms with Crippen molar-refractivity contribution in [3.63, 3.8) is 0 Å². The van der Waals surface area contributed by atoms with Gasteiger partial charge in [-0.3, -0.25) is 0 Å². The Bertz CT molecular complexity index is 3690. The maximum absolute atomic E-state index is 6.39. The fourth-order valence-corrected chi connectivity index (χ4v) is 10.8. The lowest BCUT2D eigenvalue weighted by molar-refractivity contribution is 0.668. The minimum Gasteiger partial charge on any atom is -0.456 e. The molecular formula is C58H33N3O2. The molecule has 5 heteroatoms. The summed E-state index contributed by atoms with van der Waals surface area (Å²) >= 11 is 0. The van der Waals surface area contributed by atoms with Crippen LogP contribution in [0.4, 0.5) is 0 Å². The molecule has 9 aromatic carbocycles. The Morgan fingerprint density at radius 1 is 0.286 bits per heavy atom. The summed E-state index contributed by atoms with van der Waals surface area (Å²) in [4.78, 5) is 16.0. The van der Waals surface area contributed by atoms with Crippen molar-refractivity contribution in [3.8, 4) is 67.5 Å². The maximum atomic E-state index is 6.39. The molecule has 2 aliphatic rings. The lowest BCUT2D eigenvalue weighted by Crippen LogP contribution is -2.29. The quantitative estimate of drug-likeness (QED) is 0.178. The van der Waals surface area contributed by atoms with Crippen molar-refractivity contribution in [2.45, 2.75) is 5.41 Å². The van der Waals surface area contributed by atoms with E-state index in [0.717, 1.165) is 71.7 Å². The van der Waals surface area contributed by atoms with Gasteiger partial charge in [0, 0.05) is 38.2 Å². The van der Waals surface area contributed by atoms with Crippen LogP contribution in [-0.2, 0) is 5.41 Å². The Morgan fingerprint density at radius 2 is 0.683 bits per heavy atom. The van der Waals surface area contributed by atoms with Gasteiger partial charge in [0.15, 0.2) is 17.5 Å². The van der Waals surface area contributed by atoms with Gasteiger partial charge in [-0.25, -0.2) is 15.0 Å². The van der Waals surface area contributed by atoms with Crippen LogP contribution >= 0.6 is 0 Å². The number of nitrogens with zero attached hydrogens (tertiary/aromatic N) is 3. The standard InChI is InChI=1S/C58H33N3O2/c1-2-15-37-36(14-1)38-16-3-8-22-46(38)58(47-23-9-4-17-39(37)47)48-24-10-5-20-44(48)54-45(21-13-25-49(54)58)57-60-55(34-28-30-42-40-18-6-11-26-50(40)62-52(42)32-34)59-56(61-57)35-29-31-43-41-19-7-12-27-51(41)63-53(43)33-35/h1-33H. The number of fused-ring (bicyclic) bond motifs is 18. The van der Waals surface area contributed by atoms with Gasteiger partial charge >= 0.3 is 0 Å². The predicted octanol–water partition coefficient (Wildman–Crippen LogP) is 14.7. The Labute approximate surface area is 361 Å². The van der Waals surface area contributed by atoms with Gasteiger partial charge in [-0.2, -0.15) is 0 Å². The smallest absolute Gasteiger partial charge is 0.164 e. The summed E-state index contributed by atoms with van der Waals surface area (Å²) in [6.07, 6.45) is 0. The number of benzene rings is 9. The minimum absolute atomic E-state index is 0.557. The molecule has 0 fully saturated rings. The van der Waals surface area contributed by atoms with E-state index in [9.17, 15) is 0 Å². The molecule has 0 aliphatic heterocycles. The average molecular weight is 804 g/mol. The molecule has 0 saturated carbocycles. The highest BCUT2D eigenvalue weighted by Crippen LogP contribution is 2.62. The maximum Gasteiger partial charge on any atom is 0.164 e. The van der Waals surface area contributed by atoms with Crippen LogP contribution in [0.15, 0.2) is 209 Å². The van der Waals surface area contributed by atoms with Crippen molar-refractivity contribution >= 4 is 43.9 Å². The highest BCUT2D eigenvalue weighted by atomic mass is 16.3. The van der Waals surface area contributed by atoms with E-state index >= 15 is 0 Å². The summed E-state index contributed by atoms with van der Waals surface area (Å²) in [6, 6.07) is 71.1. The van der Waals surface area contributed by atoms with Gasteiger partial charge in [0.25, 0.3) is 0 Å². The van der Waals surface area contributed by atoms with Gasteiger partial charge in [0.2, 0.25) is 0 Å². The zero-order chi connectivity index (χ0) is 41.2. The molecular weight excluding hydrogens is 771 g/mol. The zero-order valence-corrected chi connectivity index (χ0v) is 33.7. The van der Waals surface area contributed by atoms with Crippen LogP contribution in [0, 0.1) is 0 Å². The van der Waals surface area contributed by atoms with Crippen LogP contribution in [-0.4, -0.2) is 15.0 Å². The van der Waals surface area contributed by atoms with Crippen molar-refractivity contribution in [3.05, 3.63) is 222 Å². The molecule has 12 aromatic rings. The lowest BCUT2D eigenvalue weighted by atomic mass is 9.66. The van der Waals surface area contributed by atoms with E-state index in [0.29, 0.717) is 17.5 Å². The molecule has 0 amide bonds. The second-order valence-corrected chi connectivity index (χ2v) is 16.6. The van der Waals surface area contributed by atoms with Crippen molar-refractivity contribution < 1.29 is 8.83 Å². The molecule has 2 aliphatic carbocycles. The van der Waals surface area contributed by atoms with Crippen LogP contribution < -0.4 is 0 Å². The van der Waals surface area contributed by atoms with Crippen LogP contribution in [0.1, 0.15) is 22.3 Å². The highest BCUT2D eigenvalue weighted by Gasteiger charge is 2.50. The average Bonchev–Trinajstić information content (AvgIpc) is 3.99. The number of aromatic nitrogens is 3. The summed E-state index contributed by atoms with van der Waals surface area (Å²) < 4.78 is 12.8. The third kappa shape index (κ3) is 4.73. The van der Waals surface area contributed by atoms with Crippen LogP contribution in [0.3, 0.4) is 0 Å². The molecule has 14 rings (SSSR count). The van der Waals surface area contributed by atoms with Crippen molar-refractivity contribution in [1.82, 2.24) is 15.0 Å². The molecule has 5 nitrogen and oxygen atoms in total. The summed E-state index contributed by atoms with van der Waals surface area (Å²) in [6.45, 7) is 0. The fourth-order valence-electron chi connectivity index (χ4n) is 10.8. The minimum atomic E-state index is -0.633. The monoisotopic (exact) mass is 803 g/mol. The summed E-state index contributed by atoms with van der Waals surface area (Å²) in [5.74, 6) is 1.70. The molecule has 0 bridgehead atoms. The molecule has 0 unspecified atom stereocenters. The first-order valence-corrected chi connectivity index (χ1v) is 21.3. The van der Waals surface area contributed by atoms with Crippen LogP contribution in [0.2, 0.25) is 0 Å². The number of rotatable bonds is 3. The van der Waals surface area contributed by atoms with Gasteiger partial charge in [-0.1, -0.05) is 164 Å². The summed E-state index contributed by atoms with van der Waals surface area (Å²) in [7, 11) is 0. The van der Waals surface area contributed by atoms with E-state index in [2.05, 4.69) is 164 Å². The zero-order valence-electron chi connectivity index (χ0n) is 33.7. The SMILES string of the molecule is c1ccc2c(c1)-c1ccccc1C1(c3ccccc3-2)c2ccccc2-c2c(-c3nc(-c4ccc5c(c4)oc4ccccc45)nc(-c4ccc5c(c4)oc4ccccc45)n3)cccc21. The number of hydrogen-bond acceptors (Lipinski definition) is 5. The second kappa shape index (κ2) is 12.8. The molecule has 1 spiro atoms. The first-order chi connectivity index (χ1) is 31.2. The van der Waals surface area contributed by atoms with E-state index in [-0.39, 0.29) is 0 Å². The van der Waals surface area contributed by atoms with Crippen LogP contribution in [0.5, 0.6) is 0 Å². The van der Waals surface area contributed by atoms with Gasteiger partial charge in [0.1, 0.15) is 22.3 Å². The van der Waals surface area contributed by atoms with Gasteiger partial charge < -0.3 is 8.83 Å². The molecule has 0 atom stereocenters. The fraction of sp³-hybridized carbons (Fsp3) is 0.0172. The first-order valence-electron chi connectivity index (χ1n) is 21.3. The van der Waals surface area contributed by atoms with E-state index in [4.69, 9.17) is 23.8 Å². The highest BCUT2D eigenvalue weighted by molar-refractivity contribution is 6.07.